The average Bonchev–Trinajstić information content (AvgIpc) is 3.15. The standard InChI is InChI=1S/C18H14ClN5O/c19-13-7-4-8-14-15(13)18(25)24(12-9-21-22-10-12)17(23-14)16(20)11-5-2-1-3-6-11/h1-10,16H,20H2,(H,21,22). The Morgan fingerprint density at radius 2 is 1.92 bits per heavy atom. The van der Waals surface area contributed by atoms with Crippen LogP contribution in [0.2, 0.25) is 5.02 Å². The number of hydrogen-bond donors (Lipinski definition) is 2. The van der Waals surface area contributed by atoms with Crippen molar-refractivity contribution in [2.75, 3.05) is 0 Å². The van der Waals surface area contributed by atoms with Crippen molar-refractivity contribution >= 4 is 22.5 Å². The van der Waals surface area contributed by atoms with E-state index in [1.165, 1.54) is 4.57 Å². The molecule has 0 aliphatic rings. The molecule has 2 aromatic heterocycles. The van der Waals surface area contributed by atoms with Crippen molar-refractivity contribution in [1.82, 2.24) is 19.7 Å². The molecule has 2 heterocycles. The molecule has 1 unspecified atom stereocenters. The maximum Gasteiger partial charge on any atom is 0.267 e. The number of nitrogens with one attached hydrogen (secondary N) is 1. The highest BCUT2D eigenvalue weighted by atomic mass is 35.5. The number of fused-ring (bicyclic) bond motifs is 1. The molecule has 3 N–H and O–H groups in total. The fraction of sp³-hybridized carbons (Fsp3) is 0.0556. The second-order valence-corrected chi connectivity index (χ2v) is 6.00. The van der Waals surface area contributed by atoms with E-state index in [0.29, 0.717) is 27.4 Å². The highest BCUT2D eigenvalue weighted by Crippen LogP contribution is 2.24. The normalized spacial score (nSPS) is 12.4. The fourth-order valence-electron chi connectivity index (χ4n) is 2.84. The van der Waals surface area contributed by atoms with Crippen molar-refractivity contribution in [3.05, 3.63) is 87.7 Å². The number of H-pyrrole nitrogens is 1. The lowest BCUT2D eigenvalue weighted by Crippen LogP contribution is -2.29. The Bertz CT molecular complexity index is 1090. The van der Waals surface area contributed by atoms with E-state index in [0.717, 1.165) is 5.56 Å². The number of benzene rings is 2. The van der Waals surface area contributed by atoms with Gasteiger partial charge in [0.05, 0.1) is 33.9 Å². The number of nitrogens with two attached hydrogens (primary N) is 1. The summed E-state index contributed by atoms with van der Waals surface area (Å²) in [6, 6.07) is 14.1. The Labute approximate surface area is 147 Å². The third-order valence-corrected chi connectivity index (χ3v) is 4.37. The smallest absolute Gasteiger partial charge is 0.267 e. The summed E-state index contributed by atoms with van der Waals surface area (Å²) in [5, 5.41) is 7.35. The Morgan fingerprint density at radius 1 is 1.12 bits per heavy atom. The second kappa shape index (κ2) is 6.16. The minimum Gasteiger partial charge on any atom is -0.318 e. The molecule has 0 saturated heterocycles. The van der Waals surface area contributed by atoms with Gasteiger partial charge in [0, 0.05) is 6.20 Å². The molecule has 0 aliphatic heterocycles. The summed E-state index contributed by atoms with van der Waals surface area (Å²) in [5.41, 5.74) is 8.08. The molecule has 25 heavy (non-hydrogen) atoms. The van der Waals surface area contributed by atoms with Crippen LogP contribution in [0.5, 0.6) is 0 Å². The highest BCUT2D eigenvalue weighted by molar-refractivity contribution is 6.35. The molecule has 6 nitrogen and oxygen atoms in total. The van der Waals surface area contributed by atoms with Gasteiger partial charge in [-0.2, -0.15) is 5.10 Å². The third kappa shape index (κ3) is 2.61. The van der Waals surface area contributed by atoms with Crippen LogP contribution in [0.4, 0.5) is 0 Å². The van der Waals surface area contributed by atoms with E-state index in [2.05, 4.69) is 15.2 Å². The number of aromatic amines is 1. The molecule has 2 aromatic carbocycles. The molecule has 4 aromatic rings. The topological polar surface area (TPSA) is 89.6 Å². The number of aromatic nitrogens is 4. The summed E-state index contributed by atoms with van der Waals surface area (Å²) < 4.78 is 1.45. The van der Waals surface area contributed by atoms with Gasteiger partial charge in [-0.05, 0) is 17.7 Å². The average molecular weight is 352 g/mol. The number of rotatable bonds is 3. The fourth-order valence-corrected chi connectivity index (χ4v) is 3.09. The predicted molar refractivity (Wildman–Crippen MR) is 97.0 cm³/mol. The molecular weight excluding hydrogens is 338 g/mol. The molecule has 0 amide bonds. The summed E-state index contributed by atoms with van der Waals surface area (Å²) >= 11 is 6.24. The number of nitrogens with zero attached hydrogens (tertiary/aromatic N) is 3. The molecule has 0 bridgehead atoms. The molecule has 1 atom stereocenters. The lowest BCUT2D eigenvalue weighted by molar-refractivity contribution is 0.729. The molecule has 0 spiro atoms. The first-order valence-corrected chi connectivity index (χ1v) is 8.05. The summed E-state index contributed by atoms with van der Waals surface area (Å²) in [6.07, 6.45) is 3.17. The van der Waals surface area contributed by atoms with Crippen molar-refractivity contribution in [2.24, 2.45) is 5.73 Å². The monoisotopic (exact) mass is 351 g/mol. The first-order chi connectivity index (χ1) is 12.2. The molecule has 0 saturated carbocycles. The largest absolute Gasteiger partial charge is 0.318 e. The number of hydrogen-bond acceptors (Lipinski definition) is 4. The zero-order chi connectivity index (χ0) is 17.4. The lowest BCUT2D eigenvalue weighted by Gasteiger charge is -2.18. The minimum absolute atomic E-state index is 0.279. The van der Waals surface area contributed by atoms with Crippen LogP contribution in [-0.4, -0.2) is 19.7 Å². The first kappa shape index (κ1) is 15.6. The van der Waals surface area contributed by atoms with Crippen LogP contribution in [0.3, 0.4) is 0 Å². The van der Waals surface area contributed by atoms with E-state index >= 15 is 0 Å². The Kier molecular flexibility index (Phi) is 3.83. The van der Waals surface area contributed by atoms with Crippen molar-refractivity contribution < 1.29 is 0 Å². The highest BCUT2D eigenvalue weighted by Gasteiger charge is 2.21. The van der Waals surface area contributed by atoms with Gasteiger partial charge in [-0.1, -0.05) is 48.0 Å². The zero-order valence-electron chi connectivity index (χ0n) is 13.1. The van der Waals surface area contributed by atoms with Gasteiger partial charge < -0.3 is 5.73 Å². The molecular formula is C18H14ClN5O. The van der Waals surface area contributed by atoms with Gasteiger partial charge in [0.15, 0.2) is 0 Å². The quantitative estimate of drug-likeness (QED) is 0.594. The van der Waals surface area contributed by atoms with E-state index < -0.39 is 6.04 Å². The van der Waals surface area contributed by atoms with Crippen LogP contribution in [0.25, 0.3) is 16.6 Å². The molecule has 7 heteroatoms. The van der Waals surface area contributed by atoms with Crippen LogP contribution >= 0.6 is 11.6 Å². The van der Waals surface area contributed by atoms with E-state index in [-0.39, 0.29) is 5.56 Å². The van der Waals surface area contributed by atoms with Crippen LogP contribution in [0, 0.1) is 0 Å². The second-order valence-electron chi connectivity index (χ2n) is 5.59. The van der Waals surface area contributed by atoms with Gasteiger partial charge in [-0.25, -0.2) is 4.98 Å². The van der Waals surface area contributed by atoms with Gasteiger partial charge in [-0.15, -0.1) is 0 Å². The molecule has 124 valence electrons. The maximum absolute atomic E-state index is 13.1. The Morgan fingerprint density at radius 3 is 2.64 bits per heavy atom. The van der Waals surface area contributed by atoms with Crippen molar-refractivity contribution in [3.8, 4) is 5.69 Å². The van der Waals surface area contributed by atoms with Gasteiger partial charge in [0.25, 0.3) is 5.56 Å². The lowest BCUT2D eigenvalue weighted by atomic mass is 10.1. The van der Waals surface area contributed by atoms with Gasteiger partial charge in [0.2, 0.25) is 0 Å². The van der Waals surface area contributed by atoms with Crippen molar-refractivity contribution in [3.63, 3.8) is 0 Å². The van der Waals surface area contributed by atoms with E-state index in [4.69, 9.17) is 17.3 Å². The summed E-state index contributed by atoms with van der Waals surface area (Å²) in [6.45, 7) is 0. The Hall–Kier alpha value is -2.96. The number of halogens is 1. The van der Waals surface area contributed by atoms with Crippen LogP contribution in [-0.2, 0) is 0 Å². The third-order valence-electron chi connectivity index (χ3n) is 4.05. The van der Waals surface area contributed by atoms with Crippen molar-refractivity contribution in [1.29, 1.82) is 0 Å². The van der Waals surface area contributed by atoms with Crippen molar-refractivity contribution in [2.45, 2.75) is 6.04 Å². The van der Waals surface area contributed by atoms with E-state index in [9.17, 15) is 4.79 Å². The van der Waals surface area contributed by atoms with Crippen LogP contribution < -0.4 is 11.3 Å². The predicted octanol–water partition coefficient (Wildman–Crippen LogP) is 2.81. The first-order valence-electron chi connectivity index (χ1n) is 7.67. The molecule has 0 fully saturated rings. The van der Waals surface area contributed by atoms with Gasteiger partial charge >= 0.3 is 0 Å². The van der Waals surface area contributed by atoms with Crippen LogP contribution in [0.1, 0.15) is 17.4 Å². The Balaban J connectivity index is 2.06. The summed E-state index contributed by atoms with van der Waals surface area (Å²) in [5.74, 6) is 0.423. The SMILES string of the molecule is NC(c1ccccc1)c1nc2cccc(Cl)c2c(=O)n1-c1cn[nH]c1. The molecule has 4 rings (SSSR count). The van der Waals surface area contributed by atoms with Gasteiger partial charge in [0.1, 0.15) is 5.82 Å². The summed E-state index contributed by atoms with van der Waals surface area (Å²) in [7, 11) is 0. The van der Waals surface area contributed by atoms with E-state index in [1.54, 1.807) is 30.6 Å². The molecule has 0 radical (unpaired) electrons. The summed E-state index contributed by atoms with van der Waals surface area (Å²) in [4.78, 5) is 17.8. The van der Waals surface area contributed by atoms with Crippen LogP contribution in [0.15, 0.2) is 65.7 Å². The van der Waals surface area contributed by atoms with Gasteiger partial charge in [-0.3, -0.25) is 14.5 Å². The maximum atomic E-state index is 13.1. The molecule has 0 aliphatic carbocycles. The minimum atomic E-state index is -0.577. The zero-order valence-corrected chi connectivity index (χ0v) is 13.8. The van der Waals surface area contributed by atoms with E-state index in [1.807, 2.05) is 30.3 Å².